The van der Waals surface area contributed by atoms with Gasteiger partial charge in [-0.05, 0) is 43.5 Å². The summed E-state index contributed by atoms with van der Waals surface area (Å²) in [6, 6.07) is 6.06. The number of amides is 1. The SMILES string of the molecule is O=C(c1cc(C2CC2)nc2ccc(F)cc12)N1C[C@H]2COCC[C@@]2(C(=O)O)C1. The van der Waals surface area contributed by atoms with Crippen molar-refractivity contribution < 1.29 is 23.8 Å². The van der Waals surface area contributed by atoms with Crippen molar-refractivity contribution >= 4 is 22.8 Å². The average Bonchev–Trinajstić information content (AvgIpc) is 3.45. The van der Waals surface area contributed by atoms with Gasteiger partial charge in [-0.25, -0.2) is 4.39 Å². The predicted molar refractivity (Wildman–Crippen MR) is 98.6 cm³/mol. The summed E-state index contributed by atoms with van der Waals surface area (Å²) in [6.45, 7) is 1.23. The highest BCUT2D eigenvalue weighted by Gasteiger charge is 2.55. The topological polar surface area (TPSA) is 79.7 Å². The van der Waals surface area contributed by atoms with Gasteiger partial charge in [0, 0.05) is 42.6 Å². The second-order valence-corrected chi connectivity index (χ2v) is 8.20. The average molecular weight is 384 g/mol. The van der Waals surface area contributed by atoms with Gasteiger partial charge in [-0.2, -0.15) is 0 Å². The van der Waals surface area contributed by atoms with Crippen LogP contribution in [0.4, 0.5) is 4.39 Å². The van der Waals surface area contributed by atoms with Crippen LogP contribution in [-0.4, -0.2) is 53.2 Å². The van der Waals surface area contributed by atoms with E-state index in [4.69, 9.17) is 4.74 Å². The van der Waals surface area contributed by atoms with Gasteiger partial charge in [-0.15, -0.1) is 0 Å². The highest BCUT2D eigenvalue weighted by atomic mass is 19.1. The third kappa shape index (κ3) is 2.68. The van der Waals surface area contributed by atoms with E-state index in [2.05, 4.69) is 4.98 Å². The molecule has 3 aliphatic rings. The first-order chi connectivity index (χ1) is 13.5. The summed E-state index contributed by atoms with van der Waals surface area (Å²) in [4.78, 5) is 31.6. The number of halogens is 1. The molecule has 6 nitrogen and oxygen atoms in total. The first kappa shape index (κ1) is 17.6. The standard InChI is InChI=1S/C21H21FN2O4/c22-14-3-4-17-15(7-14)16(8-18(23-17)12-1-2-12)19(25)24-9-13-10-28-6-5-21(13,11-24)20(26)27/h3-4,7-8,12-13H,1-2,5-6,9-11H2,(H,26,27)/t13-,21+/m0/s1. The summed E-state index contributed by atoms with van der Waals surface area (Å²) in [6.07, 6.45) is 2.48. The van der Waals surface area contributed by atoms with E-state index in [1.807, 2.05) is 0 Å². The molecule has 1 aromatic carbocycles. The number of likely N-dealkylation sites (tertiary alicyclic amines) is 1. The Balaban J connectivity index is 1.56. The molecule has 1 N–H and O–H groups in total. The van der Waals surface area contributed by atoms with E-state index in [0.29, 0.717) is 48.6 Å². The summed E-state index contributed by atoms with van der Waals surface area (Å²) < 4.78 is 19.4. The maximum absolute atomic E-state index is 13.9. The van der Waals surface area contributed by atoms with Crippen molar-refractivity contribution in [3.05, 3.63) is 41.3 Å². The molecule has 0 spiro atoms. The monoisotopic (exact) mass is 384 g/mol. The Morgan fingerprint density at radius 1 is 1.29 bits per heavy atom. The summed E-state index contributed by atoms with van der Waals surface area (Å²) in [5.74, 6) is -1.43. The lowest BCUT2D eigenvalue weighted by molar-refractivity contribution is -0.157. The molecule has 2 aromatic rings. The van der Waals surface area contributed by atoms with Crippen LogP contribution in [0.15, 0.2) is 24.3 Å². The van der Waals surface area contributed by atoms with Crippen LogP contribution in [0.3, 0.4) is 0 Å². The number of hydrogen-bond acceptors (Lipinski definition) is 4. The molecule has 3 heterocycles. The van der Waals surface area contributed by atoms with Crippen molar-refractivity contribution in [1.82, 2.24) is 9.88 Å². The Morgan fingerprint density at radius 3 is 2.82 bits per heavy atom. The van der Waals surface area contributed by atoms with Crippen LogP contribution < -0.4 is 0 Å². The second-order valence-electron chi connectivity index (χ2n) is 8.20. The summed E-state index contributed by atoms with van der Waals surface area (Å²) in [5.41, 5.74) is 0.908. The van der Waals surface area contributed by atoms with Gasteiger partial charge >= 0.3 is 5.97 Å². The van der Waals surface area contributed by atoms with Crippen molar-refractivity contribution in [3.63, 3.8) is 0 Å². The summed E-state index contributed by atoms with van der Waals surface area (Å²) in [7, 11) is 0. The number of nitrogens with zero attached hydrogens (tertiary/aromatic N) is 2. The summed E-state index contributed by atoms with van der Waals surface area (Å²) in [5, 5.41) is 10.3. The lowest BCUT2D eigenvalue weighted by atomic mass is 9.74. The molecule has 3 fully saturated rings. The Labute approximate surface area is 161 Å². The van der Waals surface area contributed by atoms with Gasteiger partial charge in [-0.3, -0.25) is 14.6 Å². The van der Waals surface area contributed by atoms with Gasteiger partial charge in [0.2, 0.25) is 0 Å². The zero-order chi connectivity index (χ0) is 19.5. The van der Waals surface area contributed by atoms with Gasteiger partial charge < -0.3 is 14.7 Å². The molecule has 28 heavy (non-hydrogen) atoms. The number of rotatable bonds is 3. The Hall–Kier alpha value is -2.54. The second kappa shape index (κ2) is 6.24. The van der Waals surface area contributed by atoms with Crippen molar-refractivity contribution in [2.75, 3.05) is 26.3 Å². The van der Waals surface area contributed by atoms with E-state index in [-0.39, 0.29) is 18.4 Å². The molecule has 2 saturated heterocycles. The first-order valence-corrected chi connectivity index (χ1v) is 9.68. The van der Waals surface area contributed by atoms with E-state index in [1.54, 1.807) is 17.0 Å². The highest BCUT2D eigenvalue weighted by molar-refractivity contribution is 6.06. The molecule has 7 heteroatoms. The van der Waals surface area contributed by atoms with E-state index >= 15 is 0 Å². The first-order valence-electron chi connectivity index (χ1n) is 9.68. The van der Waals surface area contributed by atoms with Crippen molar-refractivity contribution in [1.29, 1.82) is 0 Å². The van der Waals surface area contributed by atoms with Crippen LogP contribution in [0.5, 0.6) is 0 Å². The number of carbonyl (C=O) groups excluding carboxylic acids is 1. The fourth-order valence-corrected chi connectivity index (χ4v) is 4.61. The number of ether oxygens (including phenoxy) is 1. The number of carbonyl (C=O) groups is 2. The number of carboxylic acid groups (broad SMARTS) is 1. The smallest absolute Gasteiger partial charge is 0.311 e. The number of hydrogen-bond donors (Lipinski definition) is 1. The molecule has 2 atom stereocenters. The molecule has 146 valence electrons. The minimum Gasteiger partial charge on any atom is -0.481 e. The number of aromatic nitrogens is 1. The Morgan fingerprint density at radius 2 is 2.11 bits per heavy atom. The van der Waals surface area contributed by atoms with Gasteiger partial charge in [-0.1, -0.05) is 0 Å². The number of benzene rings is 1. The minimum atomic E-state index is -0.957. The van der Waals surface area contributed by atoms with Crippen LogP contribution in [0.2, 0.25) is 0 Å². The molecule has 5 rings (SSSR count). The van der Waals surface area contributed by atoms with Crippen LogP contribution in [0.1, 0.15) is 41.2 Å². The Kier molecular flexibility index (Phi) is 3.91. The van der Waals surface area contributed by atoms with E-state index in [1.165, 1.54) is 12.1 Å². The maximum atomic E-state index is 13.9. The zero-order valence-corrected chi connectivity index (χ0v) is 15.4. The summed E-state index contributed by atoms with van der Waals surface area (Å²) >= 11 is 0. The number of carboxylic acids is 1. The normalized spacial score (nSPS) is 27.0. The van der Waals surface area contributed by atoms with Gasteiger partial charge in [0.1, 0.15) is 5.82 Å². The van der Waals surface area contributed by atoms with Gasteiger partial charge in [0.25, 0.3) is 5.91 Å². The fraction of sp³-hybridized carbons (Fsp3) is 0.476. The molecular weight excluding hydrogens is 363 g/mol. The fourth-order valence-electron chi connectivity index (χ4n) is 4.61. The predicted octanol–water partition coefficient (Wildman–Crippen LogP) is 2.81. The minimum absolute atomic E-state index is 0.160. The number of fused-ring (bicyclic) bond motifs is 2. The molecular formula is C21H21FN2O4. The maximum Gasteiger partial charge on any atom is 0.311 e. The van der Waals surface area contributed by atoms with Crippen LogP contribution in [0, 0.1) is 17.2 Å². The molecule has 0 bridgehead atoms. The van der Waals surface area contributed by atoms with E-state index in [0.717, 1.165) is 18.5 Å². The van der Waals surface area contributed by atoms with Gasteiger partial charge in [0.05, 0.1) is 23.1 Å². The van der Waals surface area contributed by atoms with Crippen LogP contribution in [-0.2, 0) is 9.53 Å². The molecule has 0 radical (unpaired) electrons. The van der Waals surface area contributed by atoms with Crippen molar-refractivity contribution in [3.8, 4) is 0 Å². The van der Waals surface area contributed by atoms with Crippen molar-refractivity contribution in [2.45, 2.75) is 25.2 Å². The molecule has 1 amide bonds. The number of aliphatic carboxylic acids is 1. The molecule has 1 aliphatic carbocycles. The number of pyridine rings is 1. The van der Waals surface area contributed by atoms with Gasteiger partial charge in [0.15, 0.2) is 0 Å². The van der Waals surface area contributed by atoms with E-state index < -0.39 is 17.2 Å². The molecule has 1 aromatic heterocycles. The van der Waals surface area contributed by atoms with Crippen LogP contribution in [0.25, 0.3) is 10.9 Å². The third-order valence-electron chi connectivity index (χ3n) is 6.44. The van der Waals surface area contributed by atoms with E-state index in [9.17, 15) is 19.1 Å². The highest BCUT2D eigenvalue weighted by Crippen LogP contribution is 2.44. The largest absolute Gasteiger partial charge is 0.481 e. The van der Waals surface area contributed by atoms with Crippen molar-refractivity contribution in [2.24, 2.45) is 11.3 Å². The quantitative estimate of drug-likeness (QED) is 0.880. The van der Waals surface area contributed by atoms with Crippen LogP contribution >= 0.6 is 0 Å². The third-order valence-corrected chi connectivity index (χ3v) is 6.44. The zero-order valence-electron chi connectivity index (χ0n) is 15.4. The molecule has 0 unspecified atom stereocenters. The Bertz CT molecular complexity index is 990. The lowest BCUT2D eigenvalue weighted by Crippen LogP contribution is -2.45. The molecule has 1 saturated carbocycles. The lowest BCUT2D eigenvalue weighted by Gasteiger charge is -2.33. The molecule has 2 aliphatic heterocycles.